The van der Waals surface area contributed by atoms with E-state index in [0.717, 1.165) is 22.9 Å². The molecule has 0 unspecified atom stereocenters. The van der Waals surface area contributed by atoms with Crippen LogP contribution in [0.25, 0.3) is 6.08 Å². The Hall–Kier alpha value is -2.39. The number of amides is 2. The zero-order valence-corrected chi connectivity index (χ0v) is 21.6. The monoisotopic (exact) mass is 604 g/mol. The molecule has 33 heavy (non-hydrogen) atoms. The number of nitrogens with one attached hydrogen (secondary N) is 1. The van der Waals surface area contributed by atoms with E-state index in [1.165, 1.54) is 0 Å². The molecule has 4 rings (SSSR count). The van der Waals surface area contributed by atoms with Gasteiger partial charge in [0, 0.05) is 16.1 Å². The van der Waals surface area contributed by atoms with Crippen LogP contribution in [0.1, 0.15) is 21.5 Å². The number of halogens is 3. The molecule has 1 aliphatic rings. The molecule has 3 aromatic carbocycles. The Morgan fingerprint density at radius 1 is 1.06 bits per heavy atom. The fourth-order valence-corrected chi connectivity index (χ4v) is 5.40. The predicted octanol–water partition coefficient (Wildman–Crippen LogP) is 6.84. The minimum atomic E-state index is -0.412. The van der Waals surface area contributed by atoms with Crippen molar-refractivity contribution in [1.29, 1.82) is 0 Å². The van der Waals surface area contributed by atoms with Crippen molar-refractivity contribution in [2.45, 2.75) is 6.61 Å². The van der Waals surface area contributed by atoms with Crippen LogP contribution in [0.5, 0.6) is 5.75 Å². The van der Waals surface area contributed by atoms with E-state index in [-0.39, 0.29) is 11.1 Å². The van der Waals surface area contributed by atoms with Gasteiger partial charge in [0.2, 0.25) is 0 Å². The maximum absolute atomic E-state index is 12.4. The molecule has 3 aromatic rings. The lowest BCUT2D eigenvalue weighted by atomic mass is 10.2. The van der Waals surface area contributed by atoms with Gasteiger partial charge in [-0.3, -0.25) is 9.59 Å². The summed E-state index contributed by atoms with van der Waals surface area (Å²) in [5.74, 6) is -0.104. The third-order valence-electron chi connectivity index (χ3n) is 4.52. The van der Waals surface area contributed by atoms with Gasteiger partial charge in [-0.05, 0) is 85.6 Å². The highest BCUT2D eigenvalue weighted by Gasteiger charge is 2.25. The molecule has 9 heteroatoms. The molecule has 5 nitrogen and oxygen atoms in total. The molecule has 166 valence electrons. The molecule has 1 aliphatic heterocycles. The lowest BCUT2D eigenvalue weighted by Crippen LogP contribution is -2.20. The summed E-state index contributed by atoms with van der Waals surface area (Å²) in [6, 6.07) is 19.9. The van der Waals surface area contributed by atoms with E-state index in [1.54, 1.807) is 30.3 Å². The zero-order chi connectivity index (χ0) is 23.4. The Bertz CT molecular complexity index is 1270. The number of nitrogens with zero attached hydrogens (tertiary/aromatic N) is 1. The first-order valence-electron chi connectivity index (χ1n) is 9.65. The first-order valence-corrected chi connectivity index (χ1v) is 12.4. The number of carbonyl (C=O) groups excluding carboxylic acids is 2. The smallest absolute Gasteiger partial charge is 0.279 e. The zero-order valence-electron chi connectivity index (χ0n) is 16.8. The van der Waals surface area contributed by atoms with Crippen LogP contribution < -0.4 is 10.1 Å². The SMILES string of the molecule is O=C1NC(=NC(=O)c2ccccc2)S/C1=C\c1cc(Br)c(OCc2ccccc2Cl)c(Br)c1. The van der Waals surface area contributed by atoms with Gasteiger partial charge >= 0.3 is 0 Å². The molecule has 0 spiro atoms. The van der Waals surface area contributed by atoms with E-state index in [9.17, 15) is 9.59 Å². The normalized spacial score (nSPS) is 15.7. The molecular weight excluding hydrogens is 592 g/mol. The third-order valence-corrected chi connectivity index (χ3v) is 6.98. The van der Waals surface area contributed by atoms with E-state index in [4.69, 9.17) is 16.3 Å². The van der Waals surface area contributed by atoms with Crippen LogP contribution in [0.4, 0.5) is 0 Å². The van der Waals surface area contributed by atoms with E-state index in [2.05, 4.69) is 42.2 Å². The number of carbonyl (C=O) groups is 2. The number of hydrogen-bond donors (Lipinski definition) is 1. The quantitative estimate of drug-likeness (QED) is 0.323. The summed E-state index contributed by atoms with van der Waals surface area (Å²) in [6.45, 7) is 0.310. The Morgan fingerprint density at radius 3 is 2.42 bits per heavy atom. The summed E-state index contributed by atoms with van der Waals surface area (Å²) in [5, 5.41) is 3.52. The van der Waals surface area contributed by atoms with E-state index in [1.807, 2.05) is 42.5 Å². The molecule has 1 heterocycles. The fraction of sp³-hybridized carbons (Fsp3) is 0.0417. The van der Waals surface area contributed by atoms with Crippen molar-refractivity contribution in [3.8, 4) is 5.75 Å². The highest BCUT2D eigenvalue weighted by molar-refractivity contribution is 9.11. The molecule has 1 saturated heterocycles. The van der Waals surface area contributed by atoms with Gasteiger partial charge in [-0.15, -0.1) is 0 Å². The first kappa shape index (κ1) is 23.8. The first-order chi connectivity index (χ1) is 15.9. The molecule has 0 atom stereocenters. The molecule has 1 N–H and O–H groups in total. The summed E-state index contributed by atoms with van der Waals surface area (Å²) in [6.07, 6.45) is 1.73. The number of ether oxygens (including phenoxy) is 1. The van der Waals surface area contributed by atoms with Crippen LogP contribution in [0.3, 0.4) is 0 Å². The van der Waals surface area contributed by atoms with Crippen LogP contribution in [-0.2, 0) is 11.4 Å². The Labute approximate surface area is 216 Å². The minimum Gasteiger partial charge on any atom is -0.486 e. The van der Waals surface area contributed by atoms with Crippen LogP contribution in [0.15, 0.2) is 85.6 Å². The number of benzene rings is 3. The average molecular weight is 607 g/mol. The van der Waals surface area contributed by atoms with Gasteiger partial charge in [0.15, 0.2) is 5.17 Å². The van der Waals surface area contributed by atoms with Gasteiger partial charge in [-0.2, -0.15) is 4.99 Å². The number of aliphatic imine (C=N–C) groups is 1. The van der Waals surface area contributed by atoms with Crippen molar-refractivity contribution in [2.24, 2.45) is 4.99 Å². The Balaban J connectivity index is 1.49. The molecule has 0 aliphatic carbocycles. The Kier molecular flexibility index (Phi) is 7.70. The number of rotatable bonds is 5. The molecule has 0 saturated carbocycles. The number of thioether (sulfide) groups is 1. The average Bonchev–Trinajstić information content (AvgIpc) is 3.13. The Morgan fingerprint density at radius 2 is 1.73 bits per heavy atom. The number of hydrogen-bond acceptors (Lipinski definition) is 4. The highest BCUT2D eigenvalue weighted by Crippen LogP contribution is 2.37. The van der Waals surface area contributed by atoms with E-state index in [0.29, 0.717) is 36.8 Å². The summed E-state index contributed by atoms with van der Waals surface area (Å²) < 4.78 is 7.37. The predicted molar refractivity (Wildman–Crippen MR) is 140 cm³/mol. The lowest BCUT2D eigenvalue weighted by Gasteiger charge is -2.12. The van der Waals surface area contributed by atoms with Crippen molar-refractivity contribution in [3.63, 3.8) is 0 Å². The van der Waals surface area contributed by atoms with Gasteiger partial charge in [-0.25, -0.2) is 0 Å². The molecule has 0 aromatic heterocycles. The van der Waals surface area contributed by atoms with E-state index >= 15 is 0 Å². The molecule has 0 bridgehead atoms. The number of amidine groups is 1. The molecule has 2 amide bonds. The van der Waals surface area contributed by atoms with Gasteiger partial charge in [0.05, 0.1) is 13.9 Å². The molecule has 1 fully saturated rings. The maximum atomic E-state index is 12.4. The second-order valence-electron chi connectivity index (χ2n) is 6.85. The topological polar surface area (TPSA) is 67.8 Å². The van der Waals surface area contributed by atoms with E-state index < -0.39 is 5.91 Å². The summed E-state index contributed by atoms with van der Waals surface area (Å²) >= 11 is 14.4. The second-order valence-corrected chi connectivity index (χ2v) is 9.99. The van der Waals surface area contributed by atoms with Crippen molar-refractivity contribution >= 4 is 78.3 Å². The van der Waals surface area contributed by atoms with Gasteiger partial charge in [0.25, 0.3) is 11.8 Å². The van der Waals surface area contributed by atoms with Gasteiger partial charge < -0.3 is 10.1 Å². The summed E-state index contributed by atoms with van der Waals surface area (Å²) in [7, 11) is 0. The summed E-state index contributed by atoms with van der Waals surface area (Å²) in [4.78, 5) is 29.1. The molecule has 0 radical (unpaired) electrons. The summed E-state index contributed by atoms with van der Waals surface area (Å²) in [5.41, 5.74) is 2.10. The second kappa shape index (κ2) is 10.7. The van der Waals surface area contributed by atoms with Gasteiger partial charge in [0.1, 0.15) is 12.4 Å². The van der Waals surface area contributed by atoms with Crippen LogP contribution in [0.2, 0.25) is 5.02 Å². The van der Waals surface area contributed by atoms with Crippen LogP contribution >= 0.6 is 55.2 Å². The van der Waals surface area contributed by atoms with Crippen molar-refractivity contribution in [3.05, 3.63) is 102 Å². The van der Waals surface area contributed by atoms with Crippen molar-refractivity contribution in [1.82, 2.24) is 5.32 Å². The maximum Gasteiger partial charge on any atom is 0.279 e. The highest BCUT2D eigenvalue weighted by atomic mass is 79.9. The third kappa shape index (κ3) is 5.95. The minimum absolute atomic E-state index is 0.248. The van der Waals surface area contributed by atoms with Crippen molar-refractivity contribution < 1.29 is 14.3 Å². The fourth-order valence-electron chi connectivity index (χ4n) is 2.94. The lowest BCUT2D eigenvalue weighted by molar-refractivity contribution is -0.115. The largest absolute Gasteiger partial charge is 0.486 e. The molecular formula is C24H15Br2ClN2O3S. The van der Waals surface area contributed by atoms with Crippen LogP contribution in [-0.4, -0.2) is 17.0 Å². The standard InChI is InChI=1S/C24H15Br2ClN2O3S/c25-17-10-14(11-18(26)21(17)32-13-16-8-4-5-9-19(16)27)12-20-23(31)29-24(33-20)28-22(30)15-6-2-1-3-7-15/h1-12H,13H2,(H,28,29,30,31)/b20-12-. The van der Waals surface area contributed by atoms with Crippen molar-refractivity contribution in [2.75, 3.05) is 0 Å². The van der Waals surface area contributed by atoms with Crippen LogP contribution in [0, 0.1) is 0 Å². The van der Waals surface area contributed by atoms with Gasteiger partial charge in [-0.1, -0.05) is 48.0 Å².